The third kappa shape index (κ3) is 3.34. The number of para-hydroxylation sites is 2. The maximum Gasteiger partial charge on any atom is 0.123 e. The van der Waals surface area contributed by atoms with Gasteiger partial charge in [-0.05, 0) is 30.7 Å². The van der Waals surface area contributed by atoms with Gasteiger partial charge in [0.05, 0.1) is 30.2 Å². The van der Waals surface area contributed by atoms with Crippen molar-refractivity contribution in [2.24, 2.45) is 5.92 Å². The zero-order chi connectivity index (χ0) is 14.7. The Kier molecular flexibility index (Phi) is 4.06. The molecular formula is C17H21N3O. The number of aromatic nitrogens is 2. The molecule has 3 rings (SSSR count). The molecule has 0 bridgehead atoms. The van der Waals surface area contributed by atoms with Crippen molar-refractivity contribution >= 4 is 11.0 Å². The zero-order valence-electron chi connectivity index (χ0n) is 12.5. The van der Waals surface area contributed by atoms with E-state index in [9.17, 15) is 0 Å². The molecule has 110 valence electrons. The summed E-state index contributed by atoms with van der Waals surface area (Å²) in [4.78, 5) is 4.40. The lowest BCUT2D eigenvalue weighted by atomic mass is 10.2. The summed E-state index contributed by atoms with van der Waals surface area (Å²) in [6, 6.07) is 10.3. The third-order valence-electron chi connectivity index (χ3n) is 3.44. The van der Waals surface area contributed by atoms with Gasteiger partial charge in [0.2, 0.25) is 0 Å². The van der Waals surface area contributed by atoms with Gasteiger partial charge in [-0.15, -0.1) is 0 Å². The number of nitrogens with zero attached hydrogens (tertiary/aromatic N) is 2. The minimum atomic E-state index is 0.661. The minimum absolute atomic E-state index is 0.661. The van der Waals surface area contributed by atoms with E-state index in [0.29, 0.717) is 12.5 Å². The quantitative estimate of drug-likeness (QED) is 0.753. The van der Waals surface area contributed by atoms with Crippen molar-refractivity contribution < 1.29 is 4.42 Å². The molecule has 2 aromatic heterocycles. The second-order valence-electron chi connectivity index (χ2n) is 5.81. The zero-order valence-corrected chi connectivity index (χ0v) is 12.5. The first-order valence-electron chi connectivity index (χ1n) is 7.39. The Balaban J connectivity index is 1.67. The van der Waals surface area contributed by atoms with Gasteiger partial charge >= 0.3 is 0 Å². The maximum absolute atomic E-state index is 5.66. The van der Waals surface area contributed by atoms with Crippen LogP contribution in [0.15, 0.2) is 47.3 Å². The first kappa shape index (κ1) is 13.9. The number of imidazole rings is 1. The van der Waals surface area contributed by atoms with Crippen molar-refractivity contribution in [3.63, 3.8) is 0 Å². The molecule has 0 spiro atoms. The summed E-state index contributed by atoms with van der Waals surface area (Å²) in [6.45, 7) is 7.00. The molecule has 0 radical (unpaired) electrons. The van der Waals surface area contributed by atoms with Crippen molar-refractivity contribution in [2.45, 2.75) is 26.9 Å². The summed E-state index contributed by atoms with van der Waals surface area (Å²) < 4.78 is 7.77. The van der Waals surface area contributed by atoms with Crippen LogP contribution in [0.25, 0.3) is 11.0 Å². The summed E-state index contributed by atoms with van der Waals surface area (Å²) in [6.07, 6.45) is 3.70. The number of rotatable bonds is 6. The monoisotopic (exact) mass is 283 g/mol. The van der Waals surface area contributed by atoms with Crippen molar-refractivity contribution in [1.82, 2.24) is 14.9 Å². The summed E-state index contributed by atoms with van der Waals surface area (Å²) in [5, 5.41) is 3.42. The summed E-state index contributed by atoms with van der Waals surface area (Å²) in [5.41, 5.74) is 3.34. The molecule has 0 aliphatic rings. The molecule has 0 saturated carbocycles. The van der Waals surface area contributed by atoms with Crippen LogP contribution >= 0.6 is 0 Å². The average Bonchev–Trinajstić information content (AvgIpc) is 3.07. The topological polar surface area (TPSA) is 43.0 Å². The Labute approximate surface area is 124 Å². The Morgan fingerprint density at radius 2 is 2.14 bits per heavy atom. The molecule has 0 fully saturated rings. The second kappa shape index (κ2) is 6.14. The Morgan fingerprint density at radius 3 is 3.00 bits per heavy atom. The van der Waals surface area contributed by atoms with E-state index in [0.717, 1.165) is 29.9 Å². The molecule has 1 N–H and O–H groups in total. The molecule has 0 aliphatic carbocycles. The van der Waals surface area contributed by atoms with Gasteiger partial charge in [0.25, 0.3) is 0 Å². The van der Waals surface area contributed by atoms with Crippen molar-refractivity contribution in [2.75, 3.05) is 6.54 Å². The Morgan fingerprint density at radius 1 is 1.29 bits per heavy atom. The molecule has 1 aromatic carbocycles. The van der Waals surface area contributed by atoms with Crippen molar-refractivity contribution in [3.05, 3.63) is 54.2 Å². The number of nitrogens with one attached hydrogen (secondary N) is 1. The van der Waals surface area contributed by atoms with E-state index in [-0.39, 0.29) is 0 Å². The molecule has 21 heavy (non-hydrogen) atoms. The SMILES string of the molecule is CC(C)CNCc1coc(Cn2cnc3ccccc32)c1. The lowest BCUT2D eigenvalue weighted by Gasteiger charge is -2.04. The van der Waals surface area contributed by atoms with Gasteiger partial charge in [-0.2, -0.15) is 0 Å². The highest BCUT2D eigenvalue weighted by Gasteiger charge is 2.06. The number of benzene rings is 1. The Bertz CT molecular complexity index is 711. The van der Waals surface area contributed by atoms with Crippen LogP contribution in [0.5, 0.6) is 0 Å². The third-order valence-corrected chi connectivity index (χ3v) is 3.44. The van der Waals surface area contributed by atoms with E-state index in [1.807, 2.05) is 30.8 Å². The van der Waals surface area contributed by atoms with Crippen molar-refractivity contribution in [1.29, 1.82) is 0 Å². The molecular weight excluding hydrogens is 262 g/mol. The van der Waals surface area contributed by atoms with Gasteiger partial charge in [0, 0.05) is 12.1 Å². The first-order chi connectivity index (χ1) is 10.2. The minimum Gasteiger partial charge on any atom is -0.467 e. The Hall–Kier alpha value is -2.07. The largest absolute Gasteiger partial charge is 0.467 e. The normalized spacial score (nSPS) is 11.6. The van der Waals surface area contributed by atoms with E-state index in [4.69, 9.17) is 4.42 Å². The summed E-state index contributed by atoms with van der Waals surface area (Å²) >= 11 is 0. The van der Waals surface area contributed by atoms with Gasteiger partial charge in [-0.1, -0.05) is 26.0 Å². The fourth-order valence-corrected chi connectivity index (χ4v) is 2.41. The molecule has 2 heterocycles. The van der Waals surface area contributed by atoms with Gasteiger partial charge in [0.1, 0.15) is 5.76 Å². The van der Waals surface area contributed by atoms with E-state index >= 15 is 0 Å². The molecule has 4 nitrogen and oxygen atoms in total. The van der Waals surface area contributed by atoms with Crippen LogP contribution in [0, 0.1) is 5.92 Å². The predicted molar refractivity (Wildman–Crippen MR) is 84.1 cm³/mol. The maximum atomic E-state index is 5.66. The highest BCUT2D eigenvalue weighted by atomic mass is 16.3. The van der Waals surface area contributed by atoms with Crippen molar-refractivity contribution in [3.8, 4) is 0 Å². The number of hydrogen-bond donors (Lipinski definition) is 1. The fraction of sp³-hybridized carbons (Fsp3) is 0.353. The lowest BCUT2D eigenvalue weighted by molar-refractivity contribution is 0.492. The van der Waals surface area contributed by atoms with E-state index < -0.39 is 0 Å². The van der Waals surface area contributed by atoms with Crippen LogP contribution < -0.4 is 5.32 Å². The smallest absolute Gasteiger partial charge is 0.123 e. The standard InChI is InChI=1S/C17H21N3O/c1-13(2)8-18-9-14-7-15(21-11-14)10-20-12-19-16-5-3-4-6-17(16)20/h3-7,11-13,18H,8-10H2,1-2H3. The fourth-order valence-electron chi connectivity index (χ4n) is 2.41. The van der Waals surface area contributed by atoms with E-state index in [1.165, 1.54) is 5.56 Å². The molecule has 0 unspecified atom stereocenters. The van der Waals surface area contributed by atoms with Crippen LogP contribution in [0.3, 0.4) is 0 Å². The van der Waals surface area contributed by atoms with Crippen LogP contribution in [0.2, 0.25) is 0 Å². The molecule has 3 aromatic rings. The van der Waals surface area contributed by atoms with Crippen LogP contribution in [-0.2, 0) is 13.1 Å². The summed E-state index contributed by atoms with van der Waals surface area (Å²) in [7, 11) is 0. The number of furan rings is 1. The first-order valence-corrected chi connectivity index (χ1v) is 7.39. The van der Waals surface area contributed by atoms with Crippen LogP contribution in [0.4, 0.5) is 0 Å². The highest BCUT2D eigenvalue weighted by molar-refractivity contribution is 5.74. The van der Waals surface area contributed by atoms with Crippen LogP contribution in [0.1, 0.15) is 25.2 Å². The highest BCUT2D eigenvalue weighted by Crippen LogP contribution is 2.15. The lowest BCUT2D eigenvalue weighted by Crippen LogP contribution is -2.18. The second-order valence-corrected chi connectivity index (χ2v) is 5.81. The van der Waals surface area contributed by atoms with Gasteiger partial charge in [-0.25, -0.2) is 4.98 Å². The van der Waals surface area contributed by atoms with Gasteiger partial charge in [0.15, 0.2) is 0 Å². The van der Waals surface area contributed by atoms with Gasteiger partial charge < -0.3 is 14.3 Å². The summed E-state index contributed by atoms with van der Waals surface area (Å²) in [5.74, 6) is 1.62. The number of fused-ring (bicyclic) bond motifs is 1. The van der Waals surface area contributed by atoms with E-state index in [2.05, 4.69) is 40.8 Å². The van der Waals surface area contributed by atoms with Crippen LogP contribution in [-0.4, -0.2) is 16.1 Å². The van der Waals surface area contributed by atoms with E-state index in [1.54, 1.807) is 0 Å². The van der Waals surface area contributed by atoms with Gasteiger partial charge in [-0.3, -0.25) is 0 Å². The molecule has 0 aliphatic heterocycles. The number of hydrogen-bond acceptors (Lipinski definition) is 3. The molecule has 0 atom stereocenters. The predicted octanol–water partition coefficient (Wildman–Crippen LogP) is 3.42. The molecule has 4 heteroatoms. The average molecular weight is 283 g/mol. The molecule has 0 amide bonds. The molecule has 0 saturated heterocycles.